The van der Waals surface area contributed by atoms with Crippen LogP contribution in [0.25, 0.3) is 11.0 Å². The molecule has 3 rings (SSSR count). The van der Waals surface area contributed by atoms with Gasteiger partial charge in [-0.3, -0.25) is 0 Å². The molecule has 0 radical (unpaired) electrons. The minimum absolute atomic E-state index is 0.0363. The van der Waals surface area contributed by atoms with E-state index in [4.69, 9.17) is 11.5 Å². The second-order valence-corrected chi connectivity index (χ2v) is 5.51. The normalized spacial score (nSPS) is 19.1. The number of nitrogens with two attached hydrogens (primary N) is 2. The fourth-order valence-electron chi connectivity index (χ4n) is 2.69. The number of nitrogens with zero attached hydrogens (tertiary/aromatic N) is 2. The van der Waals surface area contributed by atoms with Gasteiger partial charge >= 0.3 is 0 Å². The van der Waals surface area contributed by atoms with E-state index in [0.717, 1.165) is 35.3 Å². The summed E-state index contributed by atoms with van der Waals surface area (Å²) in [5.41, 5.74) is 15.7. The topological polar surface area (TPSA) is 69.9 Å². The van der Waals surface area contributed by atoms with Crippen molar-refractivity contribution in [1.29, 1.82) is 0 Å². The number of hydrogen-bond donors (Lipinski definition) is 2. The van der Waals surface area contributed by atoms with Gasteiger partial charge < -0.3 is 16.0 Å². The van der Waals surface area contributed by atoms with Crippen molar-refractivity contribution in [2.75, 3.05) is 6.54 Å². The van der Waals surface area contributed by atoms with Crippen molar-refractivity contribution >= 4 is 11.0 Å². The molecule has 0 amide bonds. The van der Waals surface area contributed by atoms with Crippen LogP contribution >= 0.6 is 0 Å². The lowest BCUT2D eigenvalue weighted by Crippen LogP contribution is -2.29. The molecule has 1 heterocycles. The zero-order chi connectivity index (χ0) is 12.9. The van der Waals surface area contributed by atoms with E-state index < -0.39 is 0 Å². The molecule has 1 saturated carbocycles. The summed E-state index contributed by atoms with van der Waals surface area (Å²) in [6.45, 7) is 2.69. The van der Waals surface area contributed by atoms with Crippen molar-refractivity contribution in [2.24, 2.45) is 23.9 Å². The Morgan fingerprint density at radius 1 is 1.44 bits per heavy atom. The molecular formula is C14H20N4. The molecule has 0 aliphatic heterocycles. The summed E-state index contributed by atoms with van der Waals surface area (Å²) in [7, 11) is 2.03. The van der Waals surface area contributed by atoms with E-state index in [0.29, 0.717) is 6.54 Å². The highest BCUT2D eigenvalue weighted by Crippen LogP contribution is 2.53. The summed E-state index contributed by atoms with van der Waals surface area (Å²) in [6, 6.07) is 6.37. The van der Waals surface area contributed by atoms with Crippen LogP contribution in [-0.2, 0) is 7.05 Å². The average Bonchev–Trinajstić information content (AvgIpc) is 3.12. The van der Waals surface area contributed by atoms with Gasteiger partial charge in [0, 0.05) is 18.5 Å². The summed E-state index contributed by atoms with van der Waals surface area (Å²) in [4.78, 5) is 4.56. The summed E-state index contributed by atoms with van der Waals surface area (Å²) >= 11 is 0. The highest BCUT2D eigenvalue weighted by Gasteiger charge is 2.47. The highest BCUT2D eigenvalue weighted by molar-refractivity contribution is 5.77. The fourth-order valence-corrected chi connectivity index (χ4v) is 2.69. The van der Waals surface area contributed by atoms with E-state index in [-0.39, 0.29) is 11.5 Å². The van der Waals surface area contributed by atoms with Crippen LogP contribution in [0.15, 0.2) is 18.2 Å². The van der Waals surface area contributed by atoms with Gasteiger partial charge in [-0.05, 0) is 44.0 Å². The number of aryl methyl sites for hydroxylation is 2. The largest absolute Gasteiger partial charge is 0.331 e. The van der Waals surface area contributed by atoms with Gasteiger partial charge in [0.25, 0.3) is 0 Å². The van der Waals surface area contributed by atoms with Crippen molar-refractivity contribution in [1.82, 2.24) is 9.55 Å². The van der Waals surface area contributed by atoms with Crippen LogP contribution in [0.2, 0.25) is 0 Å². The molecule has 0 bridgehead atoms. The maximum Gasteiger partial charge on any atom is 0.106 e. The molecule has 0 saturated heterocycles. The molecule has 4 heteroatoms. The Balaban J connectivity index is 2.03. The number of hydrogen-bond acceptors (Lipinski definition) is 3. The molecule has 1 aromatic carbocycles. The second-order valence-electron chi connectivity index (χ2n) is 5.51. The third-order valence-electron chi connectivity index (χ3n) is 4.45. The van der Waals surface area contributed by atoms with E-state index in [1.165, 1.54) is 0 Å². The Hall–Kier alpha value is -1.39. The minimum Gasteiger partial charge on any atom is -0.331 e. The number of aromatic nitrogens is 2. The smallest absolute Gasteiger partial charge is 0.106 e. The molecule has 18 heavy (non-hydrogen) atoms. The standard InChI is InChI=1S/C14H20N4/c1-9-17-11-7-10(3-4-12(11)18(9)2)13(16)14(8-15)5-6-14/h3-4,7,13H,5-6,8,15-16H2,1-2H3. The predicted octanol–water partition coefficient (Wildman–Crippen LogP) is 1.62. The molecule has 96 valence electrons. The molecule has 1 atom stereocenters. The van der Waals surface area contributed by atoms with Gasteiger partial charge in [-0.1, -0.05) is 6.07 Å². The van der Waals surface area contributed by atoms with Crippen LogP contribution in [0.5, 0.6) is 0 Å². The van der Waals surface area contributed by atoms with Gasteiger partial charge in [-0.2, -0.15) is 0 Å². The number of imidazole rings is 1. The molecule has 1 unspecified atom stereocenters. The van der Waals surface area contributed by atoms with Gasteiger partial charge in [0.15, 0.2) is 0 Å². The third kappa shape index (κ3) is 1.56. The van der Waals surface area contributed by atoms with Crippen molar-refractivity contribution < 1.29 is 0 Å². The van der Waals surface area contributed by atoms with Crippen molar-refractivity contribution in [3.8, 4) is 0 Å². The van der Waals surface area contributed by atoms with Crippen LogP contribution in [0, 0.1) is 12.3 Å². The van der Waals surface area contributed by atoms with E-state index in [1.807, 2.05) is 14.0 Å². The predicted molar refractivity (Wildman–Crippen MR) is 73.1 cm³/mol. The van der Waals surface area contributed by atoms with Crippen LogP contribution in [0.3, 0.4) is 0 Å². The molecule has 4 nitrogen and oxygen atoms in total. The molecule has 4 N–H and O–H groups in total. The molecule has 2 aromatic rings. The lowest BCUT2D eigenvalue weighted by molar-refractivity contribution is 0.419. The first-order valence-electron chi connectivity index (χ1n) is 6.46. The van der Waals surface area contributed by atoms with Crippen LogP contribution in [0.4, 0.5) is 0 Å². The Morgan fingerprint density at radius 3 is 2.78 bits per heavy atom. The highest BCUT2D eigenvalue weighted by atomic mass is 15.0. The Morgan fingerprint density at radius 2 is 2.17 bits per heavy atom. The van der Waals surface area contributed by atoms with Crippen LogP contribution < -0.4 is 11.5 Å². The molecular weight excluding hydrogens is 224 g/mol. The Kier molecular flexibility index (Phi) is 2.47. The fraction of sp³-hybridized carbons (Fsp3) is 0.500. The Bertz CT molecular complexity index is 595. The molecule has 1 aromatic heterocycles. The van der Waals surface area contributed by atoms with E-state index in [2.05, 4.69) is 27.8 Å². The van der Waals surface area contributed by atoms with Gasteiger partial charge in [0.2, 0.25) is 0 Å². The quantitative estimate of drug-likeness (QED) is 0.862. The lowest BCUT2D eigenvalue weighted by Gasteiger charge is -2.21. The van der Waals surface area contributed by atoms with Crippen LogP contribution in [0.1, 0.15) is 30.3 Å². The lowest BCUT2D eigenvalue weighted by atomic mass is 9.91. The summed E-state index contributed by atoms with van der Waals surface area (Å²) in [6.07, 6.45) is 2.29. The summed E-state index contributed by atoms with van der Waals surface area (Å²) < 4.78 is 2.10. The Labute approximate surface area is 107 Å². The van der Waals surface area contributed by atoms with E-state index in [1.54, 1.807) is 0 Å². The first-order valence-corrected chi connectivity index (χ1v) is 6.46. The first-order chi connectivity index (χ1) is 8.57. The maximum atomic E-state index is 6.37. The molecule has 1 aliphatic rings. The number of rotatable bonds is 3. The SMILES string of the molecule is Cc1nc2cc(C(N)C3(CN)CC3)ccc2n1C. The van der Waals surface area contributed by atoms with Crippen molar-refractivity contribution in [2.45, 2.75) is 25.8 Å². The average molecular weight is 244 g/mol. The summed E-state index contributed by atoms with van der Waals surface area (Å²) in [5, 5.41) is 0. The second kappa shape index (κ2) is 3.80. The van der Waals surface area contributed by atoms with Crippen LogP contribution in [-0.4, -0.2) is 16.1 Å². The van der Waals surface area contributed by atoms with E-state index in [9.17, 15) is 0 Å². The zero-order valence-electron chi connectivity index (χ0n) is 11.0. The zero-order valence-corrected chi connectivity index (χ0v) is 11.0. The maximum absolute atomic E-state index is 6.37. The molecule has 1 fully saturated rings. The minimum atomic E-state index is 0.0363. The van der Waals surface area contributed by atoms with Gasteiger partial charge in [0.1, 0.15) is 5.82 Å². The summed E-state index contributed by atoms with van der Waals surface area (Å²) in [5.74, 6) is 1.02. The van der Waals surface area contributed by atoms with Crippen molar-refractivity contribution in [3.05, 3.63) is 29.6 Å². The first kappa shape index (κ1) is 11.7. The molecule has 1 aliphatic carbocycles. The number of fused-ring (bicyclic) bond motifs is 1. The van der Waals surface area contributed by atoms with E-state index >= 15 is 0 Å². The third-order valence-corrected chi connectivity index (χ3v) is 4.45. The van der Waals surface area contributed by atoms with Gasteiger partial charge in [0.05, 0.1) is 11.0 Å². The van der Waals surface area contributed by atoms with Gasteiger partial charge in [-0.15, -0.1) is 0 Å². The van der Waals surface area contributed by atoms with Crippen molar-refractivity contribution in [3.63, 3.8) is 0 Å². The molecule has 0 spiro atoms. The monoisotopic (exact) mass is 244 g/mol. The van der Waals surface area contributed by atoms with Gasteiger partial charge in [-0.25, -0.2) is 4.98 Å². The number of benzene rings is 1.